The van der Waals surface area contributed by atoms with E-state index in [9.17, 15) is 14.4 Å². The molecule has 0 radical (unpaired) electrons. The molecular weight excluding hydrogens is 386 g/mol. The van der Waals surface area contributed by atoms with E-state index < -0.39 is 11.3 Å². The highest BCUT2D eigenvalue weighted by molar-refractivity contribution is 7.13. The van der Waals surface area contributed by atoms with Crippen molar-refractivity contribution in [3.05, 3.63) is 27.7 Å². The average molecular weight is 414 g/mol. The summed E-state index contributed by atoms with van der Waals surface area (Å²) in [6.07, 6.45) is 8.41. The fraction of sp³-hybridized carbons (Fsp3) is 0.636. The lowest BCUT2D eigenvalue weighted by Gasteiger charge is -2.57. The van der Waals surface area contributed by atoms with Crippen LogP contribution in [-0.4, -0.2) is 27.7 Å². The molecule has 1 aliphatic heterocycles. The Bertz CT molecular complexity index is 984. The van der Waals surface area contributed by atoms with Crippen molar-refractivity contribution < 1.29 is 14.4 Å². The number of amides is 3. The van der Waals surface area contributed by atoms with Gasteiger partial charge < -0.3 is 0 Å². The van der Waals surface area contributed by atoms with Crippen LogP contribution in [0.2, 0.25) is 0 Å². The molecule has 5 atom stereocenters. The second kappa shape index (κ2) is 5.78. The number of aromatic nitrogens is 1. The monoisotopic (exact) mass is 413 g/mol. The van der Waals surface area contributed by atoms with Gasteiger partial charge in [-0.2, -0.15) is 5.01 Å². The predicted molar refractivity (Wildman–Crippen MR) is 109 cm³/mol. The molecule has 0 aromatic carbocycles. The molecule has 1 saturated heterocycles. The van der Waals surface area contributed by atoms with Crippen LogP contribution in [0, 0.1) is 41.9 Å². The van der Waals surface area contributed by atoms with Gasteiger partial charge in [0.2, 0.25) is 5.91 Å². The molecule has 2 bridgehead atoms. The number of thiazole rings is 1. The Morgan fingerprint density at radius 2 is 2.14 bits per heavy atom. The fourth-order valence-corrected chi connectivity index (χ4v) is 7.61. The maximum Gasteiger partial charge on any atom is 0.282 e. The van der Waals surface area contributed by atoms with Gasteiger partial charge in [-0.25, -0.2) is 4.98 Å². The minimum atomic E-state index is -0.722. The van der Waals surface area contributed by atoms with E-state index in [1.54, 1.807) is 6.92 Å². The normalized spacial score (nSPS) is 39.8. The molecule has 1 aromatic heterocycles. The Morgan fingerprint density at radius 3 is 2.79 bits per heavy atom. The van der Waals surface area contributed by atoms with Crippen LogP contribution >= 0.6 is 11.3 Å². The fourth-order valence-electron chi connectivity index (χ4n) is 6.80. The zero-order valence-corrected chi connectivity index (χ0v) is 18.2. The summed E-state index contributed by atoms with van der Waals surface area (Å²) in [7, 11) is 0. The molecular formula is C22H27N3O3S. The van der Waals surface area contributed by atoms with Gasteiger partial charge in [0.15, 0.2) is 0 Å². The van der Waals surface area contributed by atoms with E-state index in [2.05, 4.69) is 36.4 Å². The number of nitrogens with one attached hydrogen (secondary N) is 1. The number of carbonyl (C=O) groups is 3. The Kier molecular flexibility index (Phi) is 3.78. The van der Waals surface area contributed by atoms with E-state index in [-0.39, 0.29) is 35.0 Å². The number of carbonyl (C=O) groups excluding carboxylic acids is 3. The van der Waals surface area contributed by atoms with Gasteiger partial charge in [0.05, 0.1) is 16.1 Å². The van der Waals surface area contributed by atoms with Crippen molar-refractivity contribution in [3.8, 4) is 0 Å². The summed E-state index contributed by atoms with van der Waals surface area (Å²) in [6, 6.07) is 0. The lowest BCUT2D eigenvalue weighted by Crippen LogP contribution is -2.59. The molecule has 29 heavy (non-hydrogen) atoms. The van der Waals surface area contributed by atoms with Crippen LogP contribution in [0.1, 0.15) is 66.3 Å². The van der Waals surface area contributed by atoms with Crippen molar-refractivity contribution in [2.45, 2.75) is 59.8 Å². The molecule has 154 valence electrons. The molecule has 6 nitrogen and oxygen atoms in total. The number of rotatable bonds is 3. The highest BCUT2D eigenvalue weighted by Gasteiger charge is 2.76. The maximum atomic E-state index is 13.8. The van der Waals surface area contributed by atoms with Gasteiger partial charge >= 0.3 is 0 Å². The minimum absolute atomic E-state index is 0.0840. The lowest BCUT2D eigenvalue weighted by atomic mass is 9.45. The Balaban J connectivity index is 1.51. The molecule has 3 aliphatic carbocycles. The van der Waals surface area contributed by atoms with Gasteiger partial charge in [0.1, 0.15) is 4.88 Å². The molecule has 5 rings (SSSR count). The first-order valence-electron chi connectivity index (χ1n) is 10.5. The van der Waals surface area contributed by atoms with E-state index in [4.69, 9.17) is 0 Å². The number of hydrazine groups is 1. The van der Waals surface area contributed by atoms with Crippen molar-refractivity contribution in [2.75, 3.05) is 0 Å². The highest BCUT2D eigenvalue weighted by Crippen LogP contribution is 2.78. The van der Waals surface area contributed by atoms with Crippen LogP contribution in [-0.2, 0) is 9.59 Å². The van der Waals surface area contributed by atoms with Crippen molar-refractivity contribution in [2.24, 2.45) is 28.1 Å². The van der Waals surface area contributed by atoms with E-state index in [0.717, 1.165) is 35.7 Å². The zero-order valence-electron chi connectivity index (χ0n) is 17.4. The summed E-state index contributed by atoms with van der Waals surface area (Å²) < 4.78 is 0. The van der Waals surface area contributed by atoms with Crippen LogP contribution in [0.25, 0.3) is 0 Å². The van der Waals surface area contributed by atoms with Crippen LogP contribution < -0.4 is 5.43 Å². The Hall–Kier alpha value is -2.02. The lowest BCUT2D eigenvalue weighted by molar-refractivity contribution is -0.158. The second-order valence-corrected chi connectivity index (χ2v) is 10.9. The molecule has 2 heterocycles. The quantitative estimate of drug-likeness (QED) is 0.607. The standard InChI is InChI=1S/C22H27N3O3S/c1-5-21-8-6-7-14(15-9-20(15,4)11-21)22(21)10-16(26)25(19(22)28)24-18(27)17-12(2)23-13(3)29-17/h6-7,14-15H,5,8-11H2,1-4H3,(H,24,27)/t14?,15?,20?,21?,22-/m1/s1. The third kappa shape index (κ3) is 2.28. The van der Waals surface area contributed by atoms with Gasteiger partial charge in [-0.05, 0) is 62.2 Å². The van der Waals surface area contributed by atoms with Crippen LogP contribution in [0.5, 0.6) is 0 Å². The average Bonchev–Trinajstić information content (AvgIpc) is 3.09. The molecule has 1 N–H and O–H groups in total. The number of hydrogen-bond donors (Lipinski definition) is 1. The van der Waals surface area contributed by atoms with E-state index in [1.165, 1.54) is 11.3 Å². The summed E-state index contributed by atoms with van der Waals surface area (Å²) in [5, 5.41) is 1.81. The molecule has 1 spiro atoms. The topological polar surface area (TPSA) is 79.4 Å². The first-order valence-corrected chi connectivity index (χ1v) is 11.3. The molecule has 2 saturated carbocycles. The van der Waals surface area contributed by atoms with Crippen LogP contribution in [0.3, 0.4) is 0 Å². The minimum Gasteiger partial charge on any atom is -0.272 e. The number of nitrogens with zero attached hydrogens (tertiary/aromatic N) is 2. The molecule has 3 fully saturated rings. The van der Waals surface area contributed by atoms with Gasteiger partial charge in [-0.1, -0.05) is 26.0 Å². The van der Waals surface area contributed by atoms with Gasteiger partial charge in [-0.15, -0.1) is 11.3 Å². The summed E-state index contributed by atoms with van der Waals surface area (Å²) in [5.74, 6) is -0.382. The third-order valence-electron chi connectivity index (χ3n) is 8.23. The number of hydrogen-bond acceptors (Lipinski definition) is 5. The van der Waals surface area contributed by atoms with E-state index in [0.29, 0.717) is 16.5 Å². The van der Waals surface area contributed by atoms with E-state index >= 15 is 0 Å². The van der Waals surface area contributed by atoms with E-state index in [1.807, 2.05) is 6.92 Å². The first kappa shape index (κ1) is 19.0. The van der Waals surface area contributed by atoms with Crippen molar-refractivity contribution in [1.82, 2.24) is 15.4 Å². The third-order valence-corrected chi connectivity index (χ3v) is 9.30. The van der Waals surface area contributed by atoms with Crippen LogP contribution in [0.15, 0.2) is 12.2 Å². The highest BCUT2D eigenvalue weighted by atomic mass is 32.1. The zero-order chi connectivity index (χ0) is 20.8. The second-order valence-electron chi connectivity index (χ2n) is 9.70. The Morgan fingerprint density at radius 1 is 1.38 bits per heavy atom. The first-order chi connectivity index (χ1) is 13.7. The smallest absolute Gasteiger partial charge is 0.272 e. The van der Waals surface area contributed by atoms with Crippen LogP contribution in [0.4, 0.5) is 0 Å². The summed E-state index contributed by atoms with van der Waals surface area (Å²) in [5.41, 5.74) is 2.60. The number of imide groups is 1. The summed E-state index contributed by atoms with van der Waals surface area (Å²) >= 11 is 1.28. The summed E-state index contributed by atoms with van der Waals surface area (Å²) in [4.78, 5) is 44.4. The number of fused-ring (bicyclic) bond motifs is 2. The molecule has 4 unspecified atom stereocenters. The molecule has 4 aliphatic rings. The maximum absolute atomic E-state index is 13.8. The SMILES string of the molecule is CCC12CC=CC(C3CC3(C)C1)[C@@]21CC(=O)N(NC(=O)c2sc(C)nc2C)C1=O. The largest absolute Gasteiger partial charge is 0.282 e. The number of allylic oxidation sites excluding steroid dienone is 2. The van der Waals surface area contributed by atoms with Crippen molar-refractivity contribution in [3.63, 3.8) is 0 Å². The predicted octanol–water partition coefficient (Wildman–Crippen LogP) is 3.55. The Labute approximate surface area is 174 Å². The van der Waals surface area contributed by atoms with Gasteiger partial charge in [-0.3, -0.25) is 19.8 Å². The molecule has 1 aromatic rings. The number of aryl methyl sites for hydroxylation is 2. The van der Waals surface area contributed by atoms with Crippen molar-refractivity contribution in [1.29, 1.82) is 0 Å². The van der Waals surface area contributed by atoms with Gasteiger partial charge in [0.25, 0.3) is 11.8 Å². The molecule has 7 heteroatoms. The van der Waals surface area contributed by atoms with Crippen molar-refractivity contribution >= 4 is 29.1 Å². The summed E-state index contributed by atoms with van der Waals surface area (Å²) in [6.45, 7) is 8.08. The molecule has 3 amide bonds. The van der Waals surface area contributed by atoms with Gasteiger partial charge in [0, 0.05) is 6.42 Å².